The van der Waals surface area contributed by atoms with Gasteiger partial charge in [-0.3, -0.25) is 9.69 Å². The van der Waals surface area contributed by atoms with E-state index in [9.17, 15) is 4.79 Å². The Morgan fingerprint density at radius 3 is 2.67 bits per heavy atom. The van der Waals surface area contributed by atoms with Gasteiger partial charge in [-0.05, 0) is 72.3 Å². The van der Waals surface area contributed by atoms with Gasteiger partial charge in [-0.1, -0.05) is 0 Å². The van der Waals surface area contributed by atoms with Crippen LogP contribution in [0.5, 0.6) is 0 Å². The molecule has 7 heteroatoms. The van der Waals surface area contributed by atoms with Crippen LogP contribution in [-0.4, -0.2) is 53.9 Å². The van der Waals surface area contributed by atoms with Gasteiger partial charge in [0.15, 0.2) is 0 Å². The normalized spacial score (nSPS) is 20.5. The lowest BCUT2D eigenvalue weighted by molar-refractivity contribution is 0.0822. The summed E-state index contributed by atoms with van der Waals surface area (Å²) < 4.78 is 0. The van der Waals surface area contributed by atoms with Crippen LogP contribution in [0.4, 0.5) is 0 Å². The van der Waals surface area contributed by atoms with Crippen LogP contribution in [-0.2, 0) is 13.1 Å². The van der Waals surface area contributed by atoms with Crippen molar-refractivity contribution in [3.05, 3.63) is 45.9 Å². The molecule has 1 aliphatic carbocycles. The van der Waals surface area contributed by atoms with Crippen molar-refractivity contribution in [2.45, 2.75) is 38.4 Å². The minimum atomic E-state index is 0. The average Bonchev–Trinajstić information content (AvgIpc) is 3.01. The van der Waals surface area contributed by atoms with Crippen molar-refractivity contribution >= 4 is 29.7 Å². The predicted octanol–water partition coefficient (Wildman–Crippen LogP) is 3.34. The largest absolute Gasteiger partial charge is 0.353 e. The molecule has 1 aliphatic heterocycles. The second-order valence-electron chi connectivity index (χ2n) is 7.97. The van der Waals surface area contributed by atoms with Gasteiger partial charge < -0.3 is 15.2 Å². The molecule has 1 spiro atoms. The van der Waals surface area contributed by atoms with Crippen LogP contribution in [0.2, 0.25) is 0 Å². The Bertz CT molecular complexity index is 752. The first kappa shape index (κ1) is 20.4. The molecule has 5 nitrogen and oxygen atoms in total. The number of halogens is 1. The van der Waals surface area contributed by atoms with Gasteiger partial charge in [0, 0.05) is 38.9 Å². The first-order valence-corrected chi connectivity index (χ1v) is 10.4. The number of H-pyrrole nitrogens is 1. The van der Waals surface area contributed by atoms with Crippen LogP contribution >= 0.6 is 23.7 Å². The summed E-state index contributed by atoms with van der Waals surface area (Å²) in [5.74, 6) is 0.0295. The molecule has 0 aromatic carbocycles. The highest BCUT2D eigenvalue weighted by atomic mass is 35.5. The third-order valence-electron chi connectivity index (χ3n) is 5.91. The van der Waals surface area contributed by atoms with Crippen LogP contribution in [0.15, 0.2) is 29.0 Å². The Kier molecular flexibility index (Phi) is 6.31. The summed E-state index contributed by atoms with van der Waals surface area (Å²) in [5.41, 5.74) is 3.70. The maximum Gasteiger partial charge on any atom is 0.269 e. The minimum Gasteiger partial charge on any atom is -0.353 e. The van der Waals surface area contributed by atoms with E-state index in [4.69, 9.17) is 0 Å². The second kappa shape index (κ2) is 8.35. The Labute approximate surface area is 171 Å². The van der Waals surface area contributed by atoms with E-state index < -0.39 is 0 Å². The number of nitrogens with one attached hydrogen (secondary N) is 2. The number of hydrogen-bond acceptors (Lipinski definition) is 4. The van der Waals surface area contributed by atoms with Gasteiger partial charge in [-0.15, -0.1) is 12.4 Å². The second-order valence-corrected chi connectivity index (χ2v) is 8.75. The van der Waals surface area contributed by atoms with E-state index in [0.29, 0.717) is 17.2 Å². The SMILES string of the molecule is CN(C)C(=O)c1ccc(CN(Cc2ccsc2)C2CC23CCNCC3)[nH]1.Cl. The van der Waals surface area contributed by atoms with Gasteiger partial charge in [0.2, 0.25) is 0 Å². The summed E-state index contributed by atoms with van der Waals surface area (Å²) in [6.45, 7) is 4.15. The van der Waals surface area contributed by atoms with E-state index in [1.165, 1.54) is 24.8 Å². The lowest BCUT2D eigenvalue weighted by atomic mass is 9.93. The van der Waals surface area contributed by atoms with Crippen molar-refractivity contribution in [3.8, 4) is 0 Å². The summed E-state index contributed by atoms with van der Waals surface area (Å²) in [6, 6.07) is 6.86. The molecule has 2 fully saturated rings. The van der Waals surface area contributed by atoms with Gasteiger partial charge in [0.25, 0.3) is 5.91 Å². The highest BCUT2D eigenvalue weighted by Crippen LogP contribution is 2.56. The van der Waals surface area contributed by atoms with Crippen LogP contribution in [0.1, 0.15) is 41.0 Å². The Morgan fingerprint density at radius 2 is 2.00 bits per heavy atom. The zero-order valence-corrected chi connectivity index (χ0v) is 17.7. The van der Waals surface area contributed by atoms with E-state index in [0.717, 1.165) is 31.9 Å². The minimum absolute atomic E-state index is 0. The molecule has 0 radical (unpaired) electrons. The first-order chi connectivity index (χ1) is 12.6. The van der Waals surface area contributed by atoms with Gasteiger partial charge >= 0.3 is 0 Å². The molecule has 2 aromatic heterocycles. The summed E-state index contributed by atoms with van der Waals surface area (Å²) in [6.07, 6.45) is 3.88. The zero-order chi connectivity index (χ0) is 18.1. The number of piperidine rings is 1. The Morgan fingerprint density at radius 1 is 1.22 bits per heavy atom. The van der Waals surface area contributed by atoms with Crippen molar-refractivity contribution in [2.24, 2.45) is 5.41 Å². The van der Waals surface area contributed by atoms with Crippen molar-refractivity contribution in [3.63, 3.8) is 0 Å². The number of thiophene rings is 1. The van der Waals surface area contributed by atoms with E-state index in [1.807, 2.05) is 6.07 Å². The van der Waals surface area contributed by atoms with Crippen LogP contribution in [0, 0.1) is 5.41 Å². The smallest absolute Gasteiger partial charge is 0.269 e. The third kappa shape index (κ3) is 4.40. The summed E-state index contributed by atoms with van der Waals surface area (Å²) in [4.78, 5) is 19.7. The van der Waals surface area contributed by atoms with Crippen molar-refractivity contribution in [1.82, 2.24) is 20.1 Å². The van der Waals surface area contributed by atoms with E-state index in [2.05, 4.69) is 38.1 Å². The molecule has 1 unspecified atom stereocenters. The lowest BCUT2D eigenvalue weighted by Gasteiger charge is -2.29. The van der Waals surface area contributed by atoms with Gasteiger partial charge in [0.05, 0.1) is 0 Å². The quantitative estimate of drug-likeness (QED) is 0.770. The Hall–Kier alpha value is -1.34. The third-order valence-corrected chi connectivity index (χ3v) is 6.64. The van der Waals surface area contributed by atoms with Crippen LogP contribution < -0.4 is 5.32 Å². The number of carbonyl (C=O) groups is 1. The number of aromatic amines is 1. The number of aromatic nitrogens is 1. The Balaban J connectivity index is 0.00000210. The molecule has 2 aromatic rings. The molecule has 1 atom stereocenters. The highest BCUT2D eigenvalue weighted by Gasteiger charge is 2.56. The molecule has 4 rings (SSSR count). The maximum atomic E-state index is 12.2. The molecule has 1 saturated heterocycles. The number of rotatable bonds is 6. The standard InChI is InChI=1S/C20H28N4OS.ClH/c1-23(2)19(25)17-4-3-16(22-17)13-24(12-15-5-10-26-14-15)18-11-20(18)6-8-21-9-7-20;/h3-5,10,14,18,21-22H,6-9,11-13H2,1-2H3;1H. The monoisotopic (exact) mass is 408 g/mol. The fourth-order valence-corrected chi connectivity index (χ4v) is 4.97. The van der Waals surface area contributed by atoms with Crippen LogP contribution in [0.25, 0.3) is 0 Å². The molecule has 0 bridgehead atoms. The van der Waals surface area contributed by atoms with Crippen molar-refractivity contribution in [1.29, 1.82) is 0 Å². The molecular formula is C20H29ClN4OS. The molecule has 2 aliphatic rings. The van der Waals surface area contributed by atoms with Crippen LogP contribution in [0.3, 0.4) is 0 Å². The zero-order valence-electron chi connectivity index (χ0n) is 16.0. The molecule has 1 amide bonds. The fourth-order valence-electron chi connectivity index (χ4n) is 4.31. The predicted molar refractivity (Wildman–Crippen MR) is 113 cm³/mol. The average molecular weight is 409 g/mol. The lowest BCUT2D eigenvalue weighted by Crippen LogP contribution is -2.35. The van der Waals surface area contributed by atoms with E-state index >= 15 is 0 Å². The molecular weight excluding hydrogens is 380 g/mol. The highest BCUT2D eigenvalue weighted by molar-refractivity contribution is 7.07. The van der Waals surface area contributed by atoms with Crippen molar-refractivity contribution < 1.29 is 4.79 Å². The number of nitrogens with zero attached hydrogens (tertiary/aromatic N) is 2. The van der Waals surface area contributed by atoms with E-state index in [-0.39, 0.29) is 18.3 Å². The molecule has 1 saturated carbocycles. The summed E-state index contributed by atoms with van der Waals surface area (Å²) in [7, 11) is 3.58. The van der Waals surface area contributed by atoms with Crippen molar-refractivity contribution in [2.75, 3.05) is 27.2 Å². The number of carbonyl (C=O) groups excluding carboxylic acids is 1. The first-order valence-electron chi connectivity index (χ1n) is 9.43. The topological polar surface area (TPSA) is 51.4 Å². The van der Waals surface area contributed by atoms with Gasteiger partial charge in [0.1, 0.15) is 5.69 Å². The van der Waals surface area contributed by atoms with E-state index in [1.54, 1.807) is 30.3 Å². The maximum absolute atomic E-state index is 12.2. The molecule has 3 heterocycles. The molecule has 148 valence electrons. The number of amides is 1. The fraction of sp³-hybridized carbons (Fsp3) is 0.550. The molecule has 2 N–H and O–H groups in total. The molecule has 27 heavy (non-hydrogen) atoms. The van der Waals surface area contributed by atoms with Gasteiger partial charge in [-0.2, -0.15) is 11.3 Å². The summed E-state index contributed by atoms with van der Waals surface area (Å²) >= 11 is 1.76. The van der Waals surface area contributed by atoms with Gasteiger partial charge in [-0.25, -0.2) is 0 Å². The summed E-state index contributed by atoms with van der Waals surface area (Å²) in [5, 5.41) is 7.90. The number of hydrogen-bond donors (Lipinski definition) is 2.